The molecule has 14 rings (SSSR count). The summed E-state index contributed by atoms with van der Waals surface area (Å²) in [5.74, 6) is 0. The van der Waals surface area contributed by atoms with Crippen molar-refractivity contribution in [3.8, 4) is 44.5 Å². The monoisotopic (exact) mass is 841 g/mol. The zero-order valence-corrected chi connectivity index (χ0v) is 36.2. The van der Waals surface area contributed by atoms with E-state index in [-0.39, 0.29) is 5.41 Å². The van der Waals surface area contributed by atoms with Gasteiger partial charge in [0.1, 0.15) is 0 Å². The Kier molecular flexibility index (Phi) is 7.84. The Balaban J connectivity index is 0.938. The van der Waals surface area contributed by atoms with Gasteiger partial charge in [0.05, 0.1) is 5.41 Å². The first-order valence-electron chi connectivity index (χ1n) is 22.5. The van der Waals surface area contributed by atoms with Crippen LogP contribution in [0.25, 0.3) is 86.2 Å². The van der Waals surface area contributed by atoms with Gasteiger partial charge in [0.15, 0.2) is 0 Å². The predicted octanol–water partition coefficient (Wildman–Crippen LogP) is 17.5. The summed E-state index contributed by atoms with van der Waals surface area (Å²) in [4.78, 5) is 2.42. The highest BCUT2D eigenvalue weighted by Gasteiger charge is 2.51. The topological polar surface area (TPSA) is 3.24 Å². The second-order valence-electron chi connectivity index (χ2n) is 17.6. The van der Waals surface area contributed by atoms with Crippen molar-refractivity contribution in [2.75, 3.05) is 4.90 Å². The van der Waals surface area contributed by atoms with Crippen molar-refractivity contribution >= 4 is 70.1 Å². The summed E-state index contributed by atoms with van der Waals surface area (Å²) < 4.78 is 2.58. The molecule has 1 spiro atoms. The first-order valence-corrected chi connectivity index (χ1v) is 23.3. The van der Waals surface area contributed by atoms with Gasteiger partial charge in [-0.25, -0.2) is 0 Å². The van der Waals surface area contributed by atoms with E-state index in [1.165, 1.54) is 108 Å². The van der Waals surface area contributed by atoms with E-state index in [2.05, 4.69) is 241 Å². The van der Waals surface area contributed by atoms with Gasteiger partial charge in [-0.2, -0.15) is 0 Å². The van der Waals surface area contributed by atoms with Gasteiger partial charge in [-0.05, 0) is 161 Å². The van der Waals surface area contributed by atoms with E-state index in [4.69, 9.17) is 0 Å². The Bertz CT molecular complexity index is 3870. The van der Waals surface area contributed by atoms with Crippen LogP contribution in [0.4, 0.5) is 17.1 Å². The van der Waals surface area contributed by atoms with Gasteiger partial charge in [0, 0.05) is 37.2 Å². The lowest BCUT2D eigenvalue weighted by Crippen LogP contribution is -2.25. The van der Waals surface area contributed by atoms with Gasteiger partial charge in [-0.1, -0.05) is 164 Å². The van der Waals surface area contributed by atoms with Crippen LogP contribution in [0.1, 0.15) is 22.3 Å². The molecule has 0 bridgehead atoms. The molecule has 0 fully saturated rings. The minimum Gasteiger partial charge on any atom is -0.310 e. The number of benzene rings is 11. The predicted molar refractivity (Wildman–Crippen MR) is 276 cm³/mol. The summed E-state index contributed by atoms with van der Waals surface area (Å²) in [6.45, 7) is 0. The molecule has 1 aromatic heterocycles. The lowest BCUT2D eigenvalue weighted by molar-refractivity contribution is 0.795. The van der Waals surface area contributed by atoms with Crippen LogP contribution in [0.5, 0.6) is 0 Å². The maximum atomic E-state index is 2.48. The van der Waals surface area contributed by atoms with Gasteiger partial charge < -0.3 is 4.90 Å². The smallest absolute Gasteiger partial charge is 0.0725 e. The number of anilines is 3. The number of hydrogen-bond donors (Lipinski definition) is 0. The number of thiophene rings is 1. The lowest BCUT2D eigenvalue weighted by atomic mass is 9.70. The van der Waals surface area contributed by atoms with Crippen LogP contribution in [0.3, 0.4) is 0 Å². The van der Waals surface area contributed by atoms with Crippen LogP contribution in [-0.2, 0) is 5.41 Å². The molecule has 1 heterocycles. The van der Waals surface area contributed by atoms with E-state index in [9.17, 15) is 0 Å². The molecule has 0 amide bonds. The fourth-order valence-electron chi connectivity index (χ4n) is 11.3. The molecule has 0 saturated carbocycles. The van der Waals surface area contributed by atoms with Crippen LogP contribution in [0.2, 0.25) is 0 Å². The van der Waals surface area contributed by atoms with Crippen molar-refractivity contribution in [2.45, 2.75) is 5.41 Å². The Morgan fingerprint density at radius 1 is 0.277 bits per heavy atom. The molecule has 2 heteroatoms. The van der Waals surface area contributed by atoms with Gasteiger partial charge in [-0.3, -0.25) is 0 Å². The summed E-state index contributed by atoms with van der Waals surface area (Å²) in [6.07, 6.45) is 0. The number of fused-ring (bicyclic) bond motifs is 15. The van der Waals surface area contributed by atoms with E-state index in [0.717, 1.165) is 17.1 Å². The van der Waals surface area contributed by atoms with Crippen molar-refractivity contribution in [1.82, 2.24) is 0 Å². The van der Waals surface area contributed by atoms with Crippen LogP contribution in [-0.4, -0.2) is 0 Å². The highest BCUT2D eigenvalue weighted by Crippen LogP contribution is 2.63. The van der Waals surface area contributed by atoms with Crippen molar-refractivity contribution in [1.29, 1.82) is 0 Å². The Morgan fingerprint density at radius 3 is 1.58 bits per heavy atom. The maximum Gasteiger partial charge on any atom is 0.0725 e. The number of hydrogen-bond acceptors (Lipinski definition) is 2. The number of nitrogens with zero attached hydrogens (tertiary/aromatic N) is 1. The highest BCUT2D eigenvalue weighted by atomic mass is 32.1. The fraction of sp³-hybridized carbons (Fsp3) is 0.0159. The van der Waals surface area contributed by atoms with Gasteiger partial charge in [0.2, 0.25) is 0 Å². The molecule has 1 nitrogen and oxygen atoms in total. The average Bonchev–Trinajstić information content (AvgIpc) is 3.99. The molecule has 0 aliphatic heterocycles. The molecule has 0 atom stereocenters. The fourth-order valence-corrected chi connectivity index (χ4v) is 12.4. The largest absolute Gasteiger partial charge is 0.310 e. The molecular weight excluding hydrogens is 803 g/mol. The van der Waals surface area contributed by atoms with Crippen LogP contribution in [0, 0.1) is 0 Å². The summed E-state index contributed by atoms with van der Waals surface area (Å²) in [5, 5.41) is 7.55. The van der Waals surface area contributed by atoms with E-state index < -0.39 is 0 Å². The minimum absolute atomic E-state index is 0.387. The molecule has 0 saturated heterocycles. The standard InChI is InChI=1S/C63H39NS/c1-2-13-40(14-3-1)43-19-12-20-48(33-43)64(49-28-25-41-15-4-5-16-42(41)34-49)50-29-32-62-56(39-50)55-37-47(27-31-61(55)65-62)46-26-30-59-53(36-46)54-35-44-17-6-7-18-45(44)38-60(54)63(59)57-23-10-8-21-51(57)52-22-9-11-24-58(52)63/h1-39H. The quantitative estimate of drug-likeness (QED) is 0.167. The maximum absolute atomic E-state index is 2.48. The Morgan fingerprint density at radius 2 is 0.800 bits per heavy atom. The van der Waals surface area contributed by atoms with Gasteiger partial charge >= 0.3 is 0 Å². The molecule has 12 aromatic rings. The van der Waals surface area contributed by atoms with Crippen LogP contribution >= 0.6 is 11.3 Å². The van der Waals surface area contributed by atoms with Crippen molar-refractivity contribution in [2.24, 2.45) is 0 Å². The second kappa shape index (κ2) is 14.0. The molecule has 0 unspecified atom stereocenters. The highest BCUT2D eigenvalue weighted by molar-refractivity contribution is 7.25. The summed E-state index contributed by atoms with van der Waals surface area (Å²) in [6, 6.07) is 88.4. The molecular formula is C63H39NS. The molecule has 0 N–H and O–H groups in total. The van der Waals surface area contributed by atoms with E-state index in [1.807, 2.05) is 11.3 Å². The van der Waals surface area contributed by atoms with Crippen molar-refractivity contribution < 1.29 is 0 Å². The zero-order valence-electron chi connectivity index (χ0n) is 35.4. The SMILES string of the molecule is c1ccc(-c2cccc(N(c3ccc4ccccc4c3)c3ccc4sc5ccc(-c6ccc7c(c6)-c6cc8ccccc8cc6C76c7ccccc7-c7ccccc76)cc5c4c3)c2)cc1. The third-order valence-electron chi connectivity index (χ3n) is 14.2. The van der Waals surface area contributed by atoms with Crippen molar-refractivity contribution in [3.63, 3.8) is 0 Å². The average molecular weight is 842 g/mol. The molecule has 2 aliphatic rings. The summed E-state index contributed by atoms with van der Waals surface area (Å²) in [7, 11) is 0. The second-order valence-corrected chi connectivity index (χ2v) is 18.7. The third-order valence-corrected chi connectivity index (χ3v) is 15.4. The van der Waals surface area contributed by atoms with Crippen LogP contribution in [0.15, 0.2) is 237 Å². The van der Waals surface area contributed by atoms with Crippen molar-refractivity contribution in [3.05, 3.63) is 259 Å². The van der Waals surface area contributed by atoms with Gasteiger partial charge in [-0.15, -0.1) is 11.3 Å². The molecule has 302 valence electrons. The van der Waals surface area contributed by atoms with E-state index >= 15 is 0 Å². The summed E-state index contributed by atoms with van der Waals surface area (Å²) in [5.41, 5.74) is 18.6. The molecule has 2 aliphatic carbocycles. The van der Waals surface area contributed by atoms with E-state index in [1.54, 1.807) is 0 Å². The van der Waals surface area contributed by atoms with Crippen LogP contribution < -0.4 is 4.90 Å². The minimum atomic E-state index is -0.387. The molecule has 0 radical (unpaired) electrons. The van der Waals surface area contributed by atoms with E-state index in [0.29, 0.717) is 0 Å². The first kappa shape index (κ1) is 36.4. The lowest BCUT2D eigenvalue weighted by Gasteiger charge is -2.30. The third kappa shape index (κ3) is 5.38. The summed E-state index contributed by atoms with van der Waals surface area (Å²) >= 11 is 1.87. The molecule has 11 aromatic carbocycles. The number of rotatable bonds is 5. The Hall–Kier alpha value is -8.04. The zero-order chi connectivity index (χ0) is 42.6. The molecule has 65 heavy (non-hydrogen) atoms. The first-order chi connectivity index (χ1) is 32.2. The Labute approximate surface area is 381 Å². The van der Waals surface area contributed by atoms with Gasteiger partial charge in [0.25, 0.3) is 0 Å². The normalized spacial score (nSPS) is 13.0.